The highest BCUT2D eigenvalue weighted by Crippen LogP contribution is 2.29. The van der Waals surface area contributed by atoms with Crippen molar-refractivity contribution < 1.29 is 14.3 Å². The average Bonchev–Trinajstić information content (AvgIpc) is 2.41. The molecule has 0 aliphatic heterocycles. The van der Waals surface area contributed by atoms with Crippen molar-refractivity contribution in [3.63, 3.8) is 0 Å². The number of hydrogen-bond donors (Lipinski definition) is 1. The van der Waals surface area contributed by atoms with Crippen LogP contribution in [0.1, 0.15) is 13.3 Å². The summed E-state index contributed by atoms with van der Waals surface area (Å²) in [5.74, 6) is 0.696. The molecule has 0 aliphatic carbocycles. The maximum absolute atomic E-state index is 11.6. The van der Waals surface area contributed by atoms with Gasteiger partial charge in [-0.3, -0.25) is 9.59 Å². The Hall–Kier alpha value is -2.62. The van der Waals surface area contributed by atoms with Gasteiger partial charge in [0, 0.05) is 0 Å². The van der Waals surface area contributed by atoms with E-state index in [1.807, 2.05) is 36.4 Å². The van der Waals surface area contributed by atoms with E-state index in [0.717, 1.165) is 0 Å². The van der Waals surface area contributed by atoms with E-state index in [4.69, 9.17) is 4.74 Å². The molecule has 0 spiro atoms. The Morgan fingerprint density at radius 1 is 1.00 bits per heavy atom. The molecule has 2 aromatic rings. The van der Waals surface area contributed by atoms with Gasteiger partial charge in [-0.1, -0.05) is 30.3 Å². The van der Waals surface area contributed by atoms with Crippen molar-refractivity contribution in [2.24, 2.45) is 0 Å². The van der Waals surface area contributed by atoms with Crippen molar-refractivity contribution in [2.45, 2.75) is 13.3 Å². The molecule has 0 unspecified atom stereocenters. The molecule has 0 radical (unpaired) electrons. The number of carbonyl (C=O) groups is 2. The molecule has 1 amide bonds. The summed E-state index contributed by atoms with van der Waals surface area (Å²) in [4.78, 5) is 22.6. The number of anilines is 1. The van der Waals surface area contributed by atoms with Gasteiger partial charge in [0.15, 0.2) is 5.75 Å². The van der Waals surface area contributed by atoms with E-state index >= 15 is 0 Å². The fourth-order valence-corrected chi connectivity index (χ4v) is 1.69. The Morgan fingerprint density at radius 2 is 1.65 bits per heavy atom. The van der Waals surface area contributed by atoms with Crippen molar-refractivity contribution in [2.75, 3.05) is 5.32 Å². The zero-order valence-corrected chi connectivity index (χ0v) is 11.1. The van der Waals surface area contributed by atoms with Gasteiger partial charge in [0.1, 0.15) is 11.5 Å². The zero-order chi connectivity index (χ0) is 14.4. The Morgan fingerprint density at radius 3 is 2.35 bits per heavy atom. The van der Waals surface area contributed by atoms with Crippen LogP contribution in [-0.2, 0) is 9.59 Å². The van der Waals surface area contributed by atoms with Crippen molar-refractivity contribution in [3.8, 4) is 11.5 Å². The average molecular weight is 269 g/mol. The van der Waals surface area contributed by atoms with Gasteiger partial charge in [-0.2, -0.15) is 0 Å². The molecule has 20 heavy (non-hydrogen) atoms. The topological polar surface area (TPSA) is 55.4 Å². The van der Waals surface area contributed by atoms with Crippen molar-refractivity contribution >= 4 is 17.4 Å². The van der Waals surface area contributed by atoms with Crippen LogP contribution in [0.2, 0.25) is 0 Å². The molecule has 4 heteroatoms. The van der Waals surface area contributed by atoms with Crippen molar-refractivity contribution in [1.29, 1.82) is 0 Å². The highest BCUT2D eigenvalue weighted by Gasteiger charge is 2.09. The lowest BCUT2D eigenvalue weighted by molar-refractivity contribution is -0.124. The summed E-state index contributed by atoms with van der Waals surface area (Å²) in [6.07, 6.45) is -0.139. The molecule has 102 valence electrons. The first kappa shape index (κ1) is 13.8. The number of benzene rings is 2. The lowest BCUT2D eigenvalue weighted by Crippen LogP contribution is -2.15. The van der Waals surface area contributed by atoms with Crippen LogP contribution in [0.3, 0.4) is 0 Å². The predicted octanol–water partition coefficient (Wildman–Crippen LogP) is 3.40. The van der Waals surface area contributed by atoms with Gasteiger partial charge in [-0.05, 0) is 31.2 Å². The molecular weight excluding hydrogens is 254 g/mol. The fourth-order valence-electron chi connectivity index (χ4n) is 1.69. The number of carbonyl (C=O) groups excluding carboxylic acids is 2. The molecule has 0 fully saturated rings. The maximum atomic E-state index is 11.6. The summed E-state index contributed by atoms with van der Waals surface area (Å²) in [5, 5.41) is 2.68. The number of ketones is 1. The lowest BCUT2D eigenvalue weighted by atomic mass is 10.2. The van der Waals surface area contributed by atoms with Crippen LogP contribution in [0.15, 0.2) is 54.6 Å². The number of hydrogen-bond acceptors (Lipinski definition) is 3. The number of ether oxygens (including phenoxy) is 1. The van der Waals surface area contributed by atoms with Crippen LogP contribution in [0.25, 0.3) is 0 Å². The first-order valence-corrected chi connectivity index (χ1v) is 6.26. The first-order chi connectivity index (χ1) is 9.65. The Bertz CT molecular complexity index is 608. The van der Waals surface area contributed by atoms with Crippen LogP contribution in [0, 0.1) is 0 Å². The summed E-state index contributed by atoms with van der Waals surface area (Å²) < 4.78 is 5.72. The molecule has 0 heterocycles. The number of Topliss-reactive ketones (excluding diaryl/α,β-unsaturated/α-hetero) is 1. The van der Waals surface area contributed by atoms with Crippen LogP contribution >= 0.6 is 0 Å². The molecular formula is C16H15NO3. The van der Waals surface area contributed by atoms with Crippen molar-refractivity contribution in [1.82, 2.24) is 0 Å². The fraction of sp³-hybridized carbons (Fsp3) is 0.125. The van der Waals surface area contributed by atoms with Crippen molar-refractivity contribution in [3.05, 3.63) is 54.6 Å². The number of rotatable bonds is 5. The largest absolute Gasteiger partial charge is 0.455 e. The summed E-state index contributed by atoms with van der Waals surface area (Å²) in [5.41, 5.74) is 0.544. The highest BCUT2D eigenvalue weighted by molar-refractivity contribution is 6.04. The lowest BCUT2D eigenvalue weighted by Gasteiger charge is -2.11. The quantitative estimate of drug-likeness (QED) is 0.846. The van der Waals surface area contributed by atoms with Gasteiger partial charge >= 0.3 is 0 Å². The molecule has 0 atom stereocenters. The van der Waals surface area contributed by atoms with Crippen LogP contribution in [0.4, 0.5) is 5.69 Å². The SMILES string of the molecule is CC(=O)CC(=O)Nc1ccccc1Oc1ccccc1. The van der Waals surface area contributed by atoms with E-state index in [-0.39, 0.29) is 18.1 Å². The van der Waals surface area contributed by atoms with Gasteiger partial charge in [0.25, 0.3) is 0 Å². The standard InChI is InChI=1S/C16H15NO3/c1-12(18)11-16(19)17-14-9-5-6-10-15(14)20-13-7-3-2-4-8-13/h2-10H,11H2,1H3,(H,17,19). The third-order valence-electron chi connectivity index (χ3n) is 2.54. The monoisotopic (exact) mass is 269 g/mol. The number of nitrogens with one attached hydrogen (secondary N) is 1. The molecule has 0 aromatic heterocycles. The minimum Gasteiger partial charge on any atom is -0.455 e. The van der Waals surface area contributed by atoms with Gasteiger partial charge in [0.2, 0.25) is 5.91 Å². The molecule has 4 nitrogen and oxygen atoms in total. The zero-order valence-electron chi connectivity index (χ0n) is 11.1. The summed E-state index contributed by atoms with van der Waals surface area (Å²) in [6, 6.07) is 16.4. The van der Waals surface area contributed by atoms with E-state index in [2.05, 4.69) is 5.32 Å². The molecule has 0 bridgehead atoms. The first-order valence-electron chi connectivity index (χ1n) is 6.26. The Balaban J connectivity index is 2.14. The molecule has 2 rings (SSSR count). The normalized spacial score (nSPS) is 9.85. The molecule has 2 aromatic carbocycles. The summed E-state index contributed by atoms with van der Waals surface area (Å²) in [6.45, 7) is 1.38. The van der Waals surface area contributed by atoms with E-state index in [0.29, 0.717) is 17.2 Å². The molecule has 0 aliphatic rings. The number of amides is 1. The highest BCUT2D eigenvalue weighted by atomic mass is 16.5. The Kier molecular flexibility index (Phi) is 4.50. The minimum absolute atomic E-state index is 0.139. The Labute approximate surface area is 117 Å². The molecule has 1 N–H and O–H groups in total. The summed E-state index contributed by atoms with van der Waals surface area (Å²) in [7, 11) is 0. The second kappa shape index (κ2) is 6.52. The molecule has 0 saturated heterocycles. The van der Waals surface area contributed by atoms with E-state index in [1.165, 1.54) is 6.92 Å². The van der Waals surface area contributed by atoms with E-state index < -0.39 is 0 Å². The van der Waals surface area contributed by atoms with Gasteiger partial charge in [0.05, 0.1) is 12.1 Å². The minimum atomic E-state index is -0.346. The number of para-hydroxylation sites is 3. The van der Waals surface area contributed by atoms with E-state index in [1.54, 1.807) is 18.2 Å². The van der Waals surface area contributed by atoms with Crippen LogP contribution < -0.4 is 10.1 Å². The van der Waals surface area contributed by atoms with Crippen LogP contribution in [0.5, 0.6) is 11.5 Å². The smallest absolute Gasteiger partial charge is 0.231 e. The van der Waals surface area contributed by atoms with E-state index in [9.17, 15) is 9.59 Å². The predicted molar refractivity (Wildman–Crippen MR) is 76.9 cm³/mol. The maximum Gasteiger partial charge on any atom is 0.231 e. The van der Waals surface area contributed by atoms with Crippen LogP contribution in [-0.4, -0.2) is 11.7 Å². The van der Waals surface area contributed by atoms with Gasteiger partial charge in [-0.15, -0.1) is 0 Å². The second-order valence-electron chi connectivity index (χ2n) is 4.34. The molecule has 0 saturated carbocycles. The van der Waals surface area contributed by atoms with Gasteiger partial charge in [-0.25, -0.2) is 0 Å². The van der Waals surface area contributed by atoms with Gasteiger partial charge < -0.3 is 10.1 Å². The third-order valence-corrected chi connectivity index (χ3v) is 2.54. The summed E-state index contributed by atoms with van der Waals surface area (Å²) >= 11 is 0. The third kappa shape index (κ3) is 3.95. The second-order valence-corrected chi connectivity index (χ2v) is 4.34.